The molecule has 1 heterocycles. The van der Waals surface area contributed by atoms with E-state index < -0.39 is 10.0 Å². The molecule has 0 atom stereocenters. The van der Waals surface area contributed by atoms with E-state index in [0.29, 0.717) is 18.9 Å². The zero-order valence-electron chi connectivity index (χ0n) is 15.4. The van der Waals surface area contributed by atoms with Gasteiger partial charge in [0.15, 0.2) is 0 Å². The summed E-state index contributed by atoms with van der Waals surface area (Å²) in [4.78, 5) is 18.0. The Morgan fingerprint density at radius 3 is 2.35 bits per heavy atom. The highest BCUT2D eigenvalue weighted by molar-refractivity contribution is 7.89. The van der Waals surface area contributed by atoms with Crippen LogP contribution in [0.1, 0.15) is 6.42 Å². The monoisotopic (exact) mass is 384 g/mol. The summed E-state index contributed by atoms with van der Waals surface area (Å²) in [7, 11) is -0.122. The standard InChI is InChI=1S/C17H28N4O4S/c1-19(2)17(22)14-21-9-3-8-20(10-11-21)12-13-25-15-4-6-16(7-5-15)26(18,23)24/h4-7H,3,8-14H2,1-2H3,(H2,18,23,24). The van der Waals surface area contributed by atoms with Crippen LogP contribution in [0.25, 0.3) is 0 Å². The molecule has 26 heavy (non-hydrogen) atoms. The fourth-order valence-electron chi connectivity index (χ4n) is 2.76. The molecule has 146 valence electrons. The molecule has 0 saturated carbocycles. The number of primary sulfonamides is 1. The molecule has 0 aromatic heterocycles. The Bertz CT molecular complexity index is 691. The van der Waals surface area contributed by atoms with Gasteiger partial charge in [-0.15, -0.1) is 0 Å². The molecule has 1 aliphatic heterocycles. The first-order chi connectivity index (χ1) is 12.3. The van der Waals surface area contributed by atoms with E-state index in [0.717, 1.165) is 39.1 Å². The lowest BCUT2D eigenvalue weighted by atomic mass is 10.3. The van der Waals surface area contributed by atoms with Gasteiger partial charge in [0.1, 0.15) is 12.4 Å². The second-order valence-corrected chi connectivity index (χ2v) is 8.19. The van der Waals surface area contributed by atoms with Gasteiger partial charge in [-0.3, -0.25) is 14.6 Å². The molecular weight excluding hydrogens is 356 g/mol. The number of hydrogen-bond acceptors (Lipinski definition) is 6. The van der Waals surface area contributed by atoms with Crippen LogP contribution < -0.4 is 9.88 Å². The summed E-state index contributed by atoms with van der Waals surface area (Å²) in [6.45, 7) is 5.43. The Morgan fingerprint density at radius 1 is 1.12 bits per heavy atom. The highest BCUT2D eigenvalue weighted by Crippen LogP contribution is 2.15. The summed E-state index contributed by atoms with van der Waals surface area (Å²) in [6.07, 6.45) is 1.02. The number of carbonyl (C=O) groups excluding carboxylic acids is 1. The first-order valence-corrected chi connectivity index (χ1v) is 10.2. The number of ether oxygens (including phenoxy) is 1. The van der Waals surface area contributed by atoms with E-state index in [1.54, 1.807) is 31.1 Å². The first-order valence-electron chi connectivity index (χ1n) is 8.66. The van der Waals surface area contributed by atoms with Crippen molar-refractivity contribution in [2.45, 2.75) is 11.3 Å². The maximum absolute atomic E-state index is 11.8. The summed E-state index contributed by atoms with van der Waals surface area (Å²) >= 11 is 0. The molecular formula is C17H28N4O4S. The smallest absolute Gasteiger partial charge is 0.238 e. The third-order valence-electron chi connectivity index (χ3n) is 4.37. The molecule has 9 heteroatoms. The second kappa shape index (κ2) is 9.31. The van der Waals surface area contributed by atoms with Gasteiger partial charge in [-0.1, -0.05) is 0 Å². The highest BCUT2D eigenvalue weighted by Gasteiger charge is 2.17. The average Bonchev–Trinajstić information content (AvgIpc) is 2.80. The van der Waals surface area contributed by atoms with Gasteiger partial charge in [-0.05, 0) is 43.8 Å². The van der Waals surface area contributed by atoms with E-state index in [1.807, 2.05) is 0 Å². The number of likely N-dealkylation sites (N-methyl/N-ethyl adjacent to an activating group) is 1. The number of sulfonamides is 1. The minimum atomic E-state index is -3.68. The van der Waals surface area contributed by atoms with Crippen LogP contribution in [-0.2, 0) is 14.8 Å². The van der Waals surface area contributed by atoms with Gasteiger partial charge in [-0.2, -0.15) is 0 Å². The SMILES string of the molecule is CN(C)C(=O)CN1CCCN(CCOc2ccc(S(N)(=O)=O)cc2)CC1. The quantitative estimate of drug-likeness (QED) is 0.700. The van der Waals surface area contributed by atoms with Crippen LogP contribution in [0.15, 0.2) is 29.2 Å². The van der Waals surface area contributed by atoms with Crippen LogP contribution in [0.5, 0.6) is 5.75 Å². The number of hydrogen-bond donors (Lipinski definition) is 1. The molecule has 0 aliphatic carbocycles. The van der Waals surface area contributed by atoms with Crippen LogP contribution >= 0.6 is 0 Å². The molecule has 1 aromatic rings. The zero-order valence-corrected chi connectivity index (χ0v) is 16.2. The van der Waals surface area contributed by atoms with E-state index in [4.69, 9.17) is 9.88 Å². The van der Waals surface area contributed by atoms with Crippen molar-refractivity contribution in [3.63, 3.8) is 0 Å². The second-order valence-electron chi connectivity index (χ2n) is 6.62. The lowest BCUT2D eigenvalue weighted by Gasteiger charge is -2.22. The Morgan fingerprint density at radius 2 is 1.73 bits per heavy atom. The van der Waals surface area contributed by atoms with Gasteiger partial charge < -0.3 is 9.64 Å². The van der Waals surface area contributed by atoms with E-state index in [9.17, 15) is 13.2 Å². The van der Waals surface area contributed by atoms with Gasteiger partial charge in [-0.25, -0.2) is 13.6 Å². The van der Waals surface area contributed by atoms with Gasteiger partial charge in [0.25, 0.3) is 0 Å². The van der Waals surface area contributed by atoms with Crippen molar-refractivity contribution >= 4 is 15.9 Å². The van der Waals surface area contributed by atoms with Crippen LogP contribution in [0.3, 0.4) is 0 Å². The minimum absolute atomic E-state index is 0.0738. The molecule has 0 radical (unpaired) electrons. The van der Waals surface area contributed by atoms with Crippen molar-refractivity contribution in [2.75, 3.05) is 60.0 Å². The van der Waals surface area contributed by atoms with Crippen LogP contribution in [0, 0.1) is 0 Å². The van der Waals surface area contributed by atoms with E-state index >= 15 is 0 Å². The summed E-state index contributed by atoms with van der Waals surface area (Å²) in [6, 6.07) is 6.10. The topological polar surface area (TPSA) is 96.2 Å². The van der Waals surface area contributed by atoms with E-state index in [-0.39, 0.29) is 10.8 Å². The van der Waals surface area contributed by atoms with Crippen molar-refractivity contribution < 1.29 is 17.9 Å². The maximum atomic E-state index is 11.8. The fraction of sp³-hybridized carbons (Fsp3) is 0.588. The van der Waals surface area contributed by atoms with Crippen molar-refractivity contribution in [1.29, 1.82) is 0 Å². The number of nitrogens with two attached hydrogens (primary N) is 1. The number of rotatable bonds is 7. The number of benzene rings is 1. The van der Waals surface area contributed by atoms with Gasteiger partial charge in [0.2, 0.25) is 15.9 Å². The van der Waals surface area contributed by atoms with Crippen molar-refractivity contribution in [1.82, 2.24) is 14.7 Å². The Hall–Kier alpha value is -1.68. The molecule has 0 unspecified atom stereocenters. The number of nitrogens with zero attached hydrogens (tertiary/aromatic N) is 3. The Balaban J connectivity index is 1.74. The summed E-state index contributed by atoms with van der Waals surface area (Å²) in [5.74, 6) is 0.746. The zero-order chi connectivity index (χ0) is 19.2. The summed E-state index contributed by atoms with van der Waals surface area (Å²) in [5, 5.41) is 5.07. The summed E-state index contributed by atoms with van der Waals surface area (Å²) in [5.41, 5.74) is 0. The third-order valence-corrected chi connectivity index (χ3v) is 5.30. The van der Waals surface area contributed by atoms with Crippen molar-refractivity contribution in [2.24, 2.45) is 5.14 Å². The van der Waals surface area contributed by atoms with Gasteiger partial charge >= 0.3 is 0 Å². The van der Waals surface area contributed by atoms with Crippen LogP contribution in [-0.4, -0.2) is 89.0 Å². The van der Waals surface area contributed by atoms with Gasteiger partial charge in [0.05, 0.1) is 11.4 Å². The molecule has 1 fully saturated rings. The lowest BCUT2D eigenvalue weighted by Crippen LogP contribution is -2.39. The largest absolute Gasteiger partial charge is 0.492 e. The van der Waals surface area contributed by atoms with Crippen LogP contribution in [0.4, 0.5) is 0 Å². The third kappa shape index (κ3) is 6.56. The Kier molecular flexibility index (Phi) is 7.39. The molecule has 2 rings (SSSR count). The van der Waals surface area contributed by atoms with Crippen LogP contribution in [0.2, 0.25) is 0 Å². The maximum Gasteiger partial charge on any atom is 0.238 e. The minimum Gasteiger partial charge on any atom is -0.492 e. The molecule has 0 spiro atoms. The predicted molar refractivity (Wildman–Crippen MR) is 99.5 cm³/mol. The molecule has 2 N–H and O–H groups in total. The first kappa shape index (κ1) is 20.6. The lowest BCUT2D eigenvalue weighted by molar-refractivity contribution is -0.129. The highest BCUT2D eigenvalue weighted by atomic mass is 32.2. The van der Waals surface area contributed by atoms with Crippen molar-refractivity contribution in [3.8, 4) is 5.75 Å². The molecule has 1 aromatic carbocycles. The van der Waals surface area contributed by atoms with Gasteiger partial charge in [0, 0.05) is 33.7 Å². The average molecular weight is 385 g/mol. The fourth-order valence-corrected chi connectivity index (χ4v) is 3.27. The molecule has 8 nitrogen and oxygen atoms in total. The normalized spacial score (nSPS) is 16.9. The van der Waals surface area contributed by atoms with Crippen molar-refractivity contribution in [3.05, 3.63) is 24.3 Å². The Labute approximate surface area is 155 Å². The predicted octanol–water partition coefficient (Wildman–Crippen LogP) is -0.191. The number of carbonyl (C=O) groups is 1. The molecule has 1 amide bonds. The molecule has 0 bridgehead atoms. The van der Waals surface area contributed by atoms with E-state index in [2.05, 4.69) is 9.80 Å². The summed E-state index contributed by atoms with van der Waals surface area (Å²) < 4.78 is 28.1. The molecule has 1 aliphatic rings. The molecule has 1 saturated heterocycles. The number of amides is 1. The van der Waals surface area contributed by atoms with E-state index in [1.165, 1.54) is 12.1 Å².